The minimum Gasteiger partial charge on any atom is -0.388 e. The number of ether oxygens (including phenoxy) is 1. The normalized spacial score (nSPS) is 25.7. The van der Waals surface area contributed by atoms with Crippen LogP contribution >= 0.6 is 19.4 Å². The van der Waals surface area contributed by atoms with E-state index >= 15 is 0 Å². The van der Waals surface area contributed by atoms with Gasteiger partial charge in [-0.2, -0.15) is 0 Å². The number of rotatable bonds is 10. The van der Waals surface area contributed by atoms with Crippen molar-refractivity contribution in [2.24, 2.45) is 0 Å². The number of unbranched alkanes of at least 4 members (excludes halogenated alkanes) is 2. The Morgan fingerprint density at radius 1 is 1.12 bits per heavy atom. The van der Waals surface area contributed by atoms with Crippen molar-refractivity contribution in [3.8, 4) is 12.3 Å². The average molecular weight is 488 g/mol. The van der Waals surface area contributed by atoms with Gasteiger partial charge in [0.05, 0.1) is 12.3 Å². The molecule has 1 aromatic carbocycles. The first-order valence-corrected chi connectivity index (χ1v) is 12.8. The number of hydrogen-bond donors (Lipinski definition) is 7. The van der Waals surface area contributed by atoms with Crippen LogP contribution in [0.25, 0.3) is 0 Å². The highest BCUT2D eigenvalue weighted by Gasteiger charge is 2.44. The summed E-state index contributed by atoms with van der Waals surface area (Å²) in [6.45, 7) is 0.510. The Bertz CT molecular complexity index is 828. The number of carbonyl (C=O) groups excluding carboxylic acids is 1. The van der Waals surface area contributed by atoms with Crippen LogP contribution in [-0.4, -0.2) is 73.7 Å². The third-order valence-corrected chi connectivity index (χ3v) is 6.78. The van der Waals surface area contributed by atoms with E-state index in [9.17, 15) is 24.7 Å². The molecular formula is C20H29N2O8PS. The molecule has 1 aliphatic rings. The van der Waals surface area contributed by atoms with E-state index in [2.05, 4.69) is 16.6 Å². The number of hydrogen-bond acceptors (Lipinski definition) is 7. The summed E-state index contributed by atoms with van der Waals surface area (Å²) in [6.07, 6.45) is 1.35. The van der Waals surface area contributed by atoms with E-state index in [1.54, 1.807) is 24.3 Å². The number of thioether (sulfide) groups is 1. The van der Waals surface area contributed by atoms with Gasteiger partial charge in [0.15, 0.2) is 0 Å². The lowest BCUT2D eigenvalue weighted by atomic mass is 9.98. The Morgan fingerprint density at radius 3 is 2.44 bits per heavy atom. The van der Waals surface area contributed by atoms with Crippen molar-refractivity contribution in [2.45, 2.75) is 60.4 Å². The first kappa shape index (κ1) is 26.6. The van der Waals surface area contributed by atoms with Gasteiger partial charge in [-0.15, -0.1) is 12.3 Å². The zero-order valence-electron chi connectivity index (χ0n) is 17.3. The molecule has 32 heavy (non-hydrogen) atoms. The number of anilines is 1. The number of urea groups is 1. The van der Waals surface area contributed by atoms with Crippen LogP contribution in [0, 0.1) is 12.3 Å². The van der Waals surface area contributed by atoms with Crippen molar-refractivity contribution in [1.82, 2.24) is 5.32 Å². The molecule has 0 saturated carbocycles. The van der Waals surface area contributed by atoms with E-state index in [4.69, 9.17) is 20.9 Å². The van der Waals surface area contributed by atoms with Crippen molar-refractivity contribution in [1.29, 1.82) is 0 Å². The third kappa shape index (κ3) is 8.73. The highest BCUT2D eigenvalue weighted by molar-refractivity contribution is 7.99. The summed E-state index contributed by atoms with van der Waals surface area (Å²) >= 11 is 1.08. The van der Waals surface area contributed by atoms with Gasteiger partial charge in [-0.1, -0.05) is 11.8 Å². The van der Waals surface area contributed by atoms with E-state index < -0.39 is 43.6 Å². The number of terminal acetylenes is 1. The molecule has 0 aromatic heterocycles. The third-order valence-electron chi connectivity index (χ3n) is 4.77. The summed E-state index contributed by atoms with van der Waals surface area (Å²) in [4.78, 5) is 30.6. The Kier molecular flexibility index (Phi) is 10.5. The number of carbonyl (C=O) groups is 1. The maximum atomic E-state index is 11.9. The molecule has 178 valence electrons. The number of nitrogens with one attached hydrogen (secondary N) is 2. The van der Waals surface area contributed by atoms with Crippen LogP contribution < -0.4 is 10.6 Å². The molecule has 2 amide bonds. The number of aliphatic hydroxyl groups is 3. The van der Waals surface area contributed by atoms with Gasteiger partial charge in [-0.25, -0.2) is 4.79 Å². The van der Waals surface area contributed by atoms with Crippen molar-refractivity contribution in [3.05, 3.63) is 24.3 Å². The quantitative estimate of drug-likeness (QED) is 0.145. The molecular weight excluding hydrogens is 459 g/mol. The van der Waals surface area contributed by atoms with E-state index in [-0.39, 0.29) is 12.5 Å². The molecule has 1 fully saturated rings. The topological polar surface area (TPSA) is 169 Å². The first-order chi connectivity index (χ1) is 15.1. The van der Waals surface area contributed by atoms with E-state index in [0.717, 1.165) is 24.6 Å². The van der Waals surface area contributed by atoms with Crippen LogP contribution in [0.15, 0.2) is 29.2 Å². The molecule has 1 aliphatic heterocycles. The first-order valence-electron chi connectivity index (χ1n) is 10.1. The zero-order chi connectivity index (χ0) is 23.7. The van der Waals surface area contributed by atoms with E-state index in [0.29, 0.717) is 23.5 Å². The fourth-order valence-electron chi connectivity index (χ4n) is 3.03. The SMILES string of the molecule is C#CCCCCNC(=O)Nc1ccc(S[C@H]2O[C@H](CCP(=O)(O)O)[C@@H](O)[C@H](O)[C@@H]2O)cc1. The summed E-state index contributed by atoms with van der Waals surface area (Å²) in [5, 5.41) is 35.8. The molecule has 0 radical (unpaired) electrons. The second kappa shape index (κ2) is 12.6. The predicted molar refractivity (Wildman–Crippen MR) is 120 cm³/mol. The Hall–Kier alpha value is -1.61. The van der Waals surface area contributed by atoms with Gasteiger partial charge < -0.3 is 40.5 Å². The molecule has 2 rings (SSSR count). The fourth-order valence-corrected chi connectivity index (χ4v) is 4.68. The molecule has 0 unspecified atom stereocenters. The monoisotopic (exact) mass is 488 g/mol. The Labute approximate surface area is 190 Å². The summed E-state index contributed by atoms with van der Waals surface area (Å²) < 4.78 is 16.7. The Balaban J connectivity index is 1.89. The van der Waals surface area contributed by atoms with Gasteiger partial charge in [0, 0.05) is 23.5 Å². The van der Waals surface area contributed by atoms with Crippen LogP contribution in [-0.2, 0) is 9.30 Å². The predicted octanol–water partition coefficient (Wildman–Crippen LogP) is 1.08. The van der Waals surface area contributed by atoms with Gasteiger partial charge >= 0.3 is 13.6 Å². The van der Waals surface area contributed by atoms with Crippen LogP contribution in [0.5, 0.6) is 0 Å². The molecule has 7 N–H and O–H groups in total. The fraction of sp³-hybridized carbons (Fsp3) is 0.550. The van der Waals surface area contributed by atoms with E-state index in [1.807, 2.05) is 0 Å². The van der Waals surface area contributed by atoms with Crippen LogP contribution in [0.2, 0.25) is 0 Å². The summed E-state index contributed by atoms with van der Waals surface area (Å²) in [5.74, 6) is 2.54. The molecule has 1 aromatic rings. The largest absolute Gasteiger partial charge is 0.388 e. The summed E-state index contributed by atoms with van der Waals surface area (Å²) in [7, 11) is -4.30. The number of amides is 2. The zero-order valence-corrected chi connectivity index (χ0v) is 19.0. The molecule has 5 atom stereocenters. The average Bonchev–Trinajstić information content (AvgIpc) is 2.74. The Morgan fingerprint density at radius 2 is 1.81 bits per heavy atom. The van der Waals surface area contributed by atoms with Gasteiger partial charge in [-0.05, 0) is 43.5 Å². The molecule has 0 bridgehead atoms. The van der Waals surface area contributed by atoms with E-state index in [1.165, 1.54) is 0 Å². The number of aliphatic hydroxyl groups excluding tert-OH is 3. The van der Waals surface area contributed by atoms with Crippen molar-refractivity contribution < 1.29 is 39.2 Å². The lowest BCUT2D eigenvalue weighted by Crippen LogP contribution is -2.56. The molecule has 0 spiro atoms. The maximum Gasteiger partial charge on any atom is 0.325 e. The van der Waals surface area contributed by atoms with Crippen LogP contribution in [0.1, 0.15) is 25.7 Å². The van der Waals surface area contributed by atoms with Gasteiger partial charge in [0.1, 0.15) is 23.7 Å². The number of benzene rings is 1. The smallest absolute Gasteiger partial charge is 0.325 e. The van der Waals surface area contributed by atoms with Crippen molar-refractivity contribution in [2.75, 3.05) is 18.0 Å². The van der Waals surface area contributed by atoms with Gasteiger partial charge in [0.25, 0.3) is 0 Å². The van der Waals surface area contributed by atoms with Crippen molar-refractivity contribution >= 4 is 31.1 Å². The van der Waals surface area contributed by atoms with Gasteiger partial charge in [0.2, 0.25) is 0 Å². The second-order valence-corrected chi connectivity index (χ2v) is 10.3. The minimum atomic E-state index is -4.30. The lowest BCUT2D eigenvalue weighted by Gasteiger charge is -2.40. The molecule has 12 heteroatoms. The summed E-state index contributed by atoms with van der Waals surface area (Å²) in [6, 6.07) is 6.34. The minimum absolute atomic E-state index is 0.174. The molecule has 1 saturated heterocycles. The summed E-state index contributed by atoms with van der Waals surface area (Å²) in [5.41, 5.74) is -0.407. The standard InChI is InChI=1S/C20H29N2O8PS/c1-2-3-4-5-11-21-20(26)22-13-6-8-14(9-7-13)32-19-18(25)17(24)16(23)15(30-19)10-12-31(27,28)29/h1,6-9,15-19,23-25H,3-5,10-12H2,(H2,21,22,26)(H2,27,28,29)/t15-,16-,17+,18+,19-/m1/s1. The van der Waals surface area contributed by atoms with Crippen molar-refractivity contribution in [3.63, 3.8) is 0 Å². The van der Waals surface area contributed by atoms with Gasteiger partial charge in [-0.3, -0.25) is 4.57 Å². The lowest BCUT2D eigenvalue weighted by molar-refractivity contribution is -0.197. The highest BCUT2D eigenvalue weighted by atomic mass is 32.2. The van der Waals surface area contributed by atoms with Crippen LogP contribution in [0.3, 0.4) is 0 Å². The molecule has 0 aliphatic carbocycles. The second-order valence-electron chi connectivity index (χ2n) is 7.38. The molecule has 1 heterocycles. The van der Waals surface area contributed by atoms with Crippen LogP contribution in [0.4, 0.5) is 10.5 Å². The molecule has 10 nitrogen and oxygen atoms in total. The highest BCUT2D eigenvalue weighted by Crippen LogP contribution is 2.39. The maximum absolute atomic E-state index is 11.9.